The maximum atomic E-state index is 12.8. The molecule has 2 aromatic rings. The topological polar surface area (TPSA) is 61.8 Å². The first-order valence-electron chi connectivity index (χ1n) is 11.6. The second-order valence-electron chi connectivity index (χ2n) is 8.73. The van der Waals surface area contributed by atoms with Crippen LogP contribution in [0.25, 0.3) is 0 Å². The van der Waals surface area contributed by atoms with E-state index in [1.807, 2.05) is 30.3 Å². The molecule has 1 amide bonds. The molecule has 4 heterocycles. The van der Waals surface area contributed by atoms with Crippen LogP contribution >= 0.6 is 0 Å². The third-order valence-electron chi connectivity index (χ3n) is 6.53. The molecule has 0 unspecified atom stereocenters. The van der Waals surface area contributed by atoms with Gasteiger partial charge in [0, 0.05) is 44.7 Å². The van der Waals surface area contributed by atoms with Gasteiger partial charge >= 0.3 is 6.09 Å². The SMILES string of the molecule is O=C(OCc1ccccc1)N1CCc2nc(N3CCCC3)nc(N3CCCCC3)c2C1. The minimum Gasteiger partial charge on any atom is -0.445 e. The van der Waals surface area contributed by atoms with Crippen molar-refractivity contribution in [1.29, 1.82) is 0 Å². The summed E-state index contributed by atoms with van der Waals surface area (Å²) in [5, 5.41) is 0. The van der Waals surface area contributed by atoms with Crippen LogP contribution < -0.4 is 9.80 Å². The third kappa shape index (κ3) is 4.45. The highest BCUT2D eigenvalue weighted by molar-refractivity contribution is 5.69. The number of ether oxygens (including phenoxy) is 1. The zero-order valence-corrected chi connectivity index (χ0v) is 18.1. The molecular weight excluding hydrogens is 390 g/mol. The first-order chi connectivity index (χ1) is 15.3. The molecule has 2 fully saturated rings. The fourth-order valence-corrected chi connectivity index (χ4v) is 4.78. The second kappa shape index (κ2) is 9.12. The van der Waals surface area contributed by atoms with Crippen molar-refractivity contribution in [2.45, 2.75) is 51.7 Å². The normalized spacial score (nSPS) is 18.8. The van der Waals surface area contributed by atoms with Gasteiger partial charge in [0.05, 0.1) is 12.2 Å². The fraction of sp³-hybridized carbons (Fsp3) is 0.542. The lowest BCUT2D eigenvalue weighted by atomic mass is 10.0. The average Bonchev–Trinajstić information content (AvgIpc) is 3.38. The number of aromatic nitrogens is 2. The van der Waals surface area contributed by atoms with Gasteiger partial charge in [0.25, 0.3) is 0 Å². The number of carbonyl (C=O) groups is 1. The lowest BCUT2D eigenvalue weighted by Gasteiger charge is -2.35. The first kappa shape index (κ1) is 20.1. The molecule has 0 saturated carbocycles. The van der Waals surface area contributed by atoms with Gasteiger partial charge in [-0.3, -0.25) is 0 Å². The Balaban J connectivity index is 1.36. The van der Waals surface area contributed by atoms with E-state index in [0.717, 1.165) is 61.2 Å². The molecule has 7 heteroatoms. The maximum absolute atomic E-state index is 12.8. The Morgan fingerprint density at radius 1 is 0.871 bits per heavy atom. The van der Waals surface area contributed by atoms with Gasteiger partial charge in [-0.05, 0) is 37.7 Å². The number of amides is 1. The summed E-state index contributed by atoms with van der Waals surface area (Å²) in [6.45, 7) is 5.59. The Morgan fingerprint density at radius 2 is 1.58 bits per heavy atom. The van der Waals surface area contributed by atoms with Gasteiger partial charge in [0.1, 0.15) is 12.4 Å². The Labute approximate surface area is 184 Å². The van der Waals surface area contributed by atoms with E-state index < -0.39 is 0 Å². The maximum Gasteiger partial charge on any atom is 0.410 e. The number of nitrogens with zero attached hydrogens (tertiary/aromatic N) is 5. The molecule has 0 radical (unpaired) electrons. The average molecular weight is 422 g/mol. The molecule has 7 nitrogen and oxygen atoms in total. The zero-order chi connectivity index (χ0) is 21.0. The minimum atomic E-state index is -0.261. The lowest BCUT2D eigenvalue weighted by Crippen LogP contribution is -2.40. The molecule has 1 aromatic carbocycles. The molecule has 31 heavy (non-hydrogen) atoms. The number of piperidine rings is 1. The predicted octanol–water partition coefficient (Wildman–Crippen LogP) is 3.76. The molecular formula is C24H31N5O2. The van der Waals surface area contributed by atoms with Crippen LogP contribution in [0.4, 0.5) is 16.6 Å². The molecule has 1 aromatic heterocycles. The van der Waals surface area contributed by atoms with Crippen molar-refractivity contribution in [2.75, 3.05) is 42.5 Å². The Kier molecular flexibility index (Phi) is 5.91. The summed E-state index contributed by atoms with van der Waals surface area (Å²) in [4.78, 5) is 29.3. The van der Waals surface area contributed by atoms with Crippen molar-refractivity contribution in [1.82, 2.24) is 14.9 Å². The van der Waals surface area contributed by atoms with Crippen LogP contribution in [0.5, 0.6) is 0 Å². The predicted molar refractivity (Wildman–Crippen MR) is 120 cm³/mol. The molecule has 5 rings (SSSR count). The minimum absolute atomic E-state index is 0.261. The Bertz CT molecular complexity index is 908. The summed E-state index contributed by atoms with van der Waals surface area (Å²) in [5.74, 6) is 1.91. The van der Waals surface area contributed by atoms with E-state index in [9.17, 15) is 4.79 Å². The standard InChI is InChI=1S/C24H31N5O2/c30-24(31-18-19-9-3-1-4-10-19)29-16-11-21-20(17-29)22(27-12-5-2-6-13-27)26-23(25-21)28-14-7-8-15-28/h1,3-4,9-10H,2,5-8,11-18H2. The second-order valence-corrected chi connectivity index (χ2v) is 8.73. The molecule has 0 bridgehead atoms. The summed E-state index contributed by atoms with van der Waals surface area (Å²) in [5.41, 5.74) is 3.21. The summed E-state index contributed by atoms with van der Waals surface area (Å²) in [7, 11) is 0. The van der Waals surface area contributed by atoms with Crippen molar-refractivity contribution in [3.63, 3.8) is 0 Å². The molecule has 0 N–H and O–H groups in total. The Morgan fingerprint density at radius 3 is 2.35 bits per heavy atom. The van der Waals surface area contributed by atoms with Crippen LogP contribution in [-0.2, 0) is 24.3 Å². The van der Waals surface area contributed by atoms with Crippen LogP contribution in [0.1, 0.15) is 48.9 Å². The summed E-state index contributed by atoms with van der Waals surface area (Å²) < 4.78 is 5.60. The van der Waals surface area contributed by atoms with E-state index in [1.165, 1.54) is 32.1 Å². The van der Waals surface area contributed by atoms with E-state index in [1.54, 1.807) is 4.90 Å². The van der Waals surface area contributed by atoms with Crippen molar-refractivity contribution < 1.29 is 9.53 Å². The van der Waals surface area contributed by atoms with Gasteiger partial charge in [-0.15, -0.1) is 0 Å². The smallest absolute Gasteiger partial charge is 0.410 e. The summed E-state index contributed by atoms with van der Waals surface area (Å²) in [6, 6.07) is 9.83. The van der Waals surface area contributed by atoms with Crippen LogP contribution in [-0.4, -0.2) is 53.7 Å². The largest absolute Gasteiger partial charge is 0.445 e. The van der Waals surface area contributed by atoms with Crippen LogP contribution in [0.15, 0.2) is 30.3 Å². The van der Waals surface area contributed by atoms with E-state index in [0.29, 0.717) is 19.7 Å². The first-order valence-corrected chi connectivity index (χ1v) is 11.6. The number of carbonyl (C=O) groups excluding carboxylic acids is 1. The number of rotatable bonds is 4. The lowest BCUT2D eigenvalue weighted by molar-refractivity contribution is 0.0916. The molecule has 3 aliphatic rings. The number of benzene rings is 1. The van der Waals surface area contributed by atoms with Crippen LogP contribution in [0, 0.1) is 0 Å². The van der Waals surface area contributed by atoms with Crippen molar-refractivity contribution >= 4 is 17.9 Å². The van der Waals surface area contributed by atoms with Gasteiger partial charge in [-0.25, -0.2) is 9.78 Å². The van der Waals surface area contributed by atoms with Crippen molar-refractivity contribution in [3.05, 3.63) is 47.2 Å². The van der Waals surface area contributed by atoms with Crippen molar-refractivity contribution in [2.24, 2.45) is 0 Å². The van der Waals surface area contributed by atoms with Gasteiger partial charge in [-0.1, -0.05) is 30.3 Å². The van der Waals surface area contributed by atoms with E-state index >= 15 is 0 Å². The highest BCUT2D eigenvalue weighted by Gasteiger charge is 2.30. The van der Waals surface area contributed by atoms with Crippen LogP contribution in [0.2, 0.25) is 0 Å². The molecule has 3 aliphatic heterocycles. The molecule has 0 aliphatic carbocycles. The molecule has 0 atom stereocenters. The molecule has 0 spiro atoms. The Hall–Kier alpha value is -2.83. The molecule has 2 saturated heterocycles. The zero-order valence-electron chi connectivity index (χ0n) is 18.1. The fourth-order valence-electron chi connectivity index (χ4n) is 4.78. The summed E-state index contributed by atoms with van der Waals surface area (Å²) in [6.07, 6.45) is 6.57. The quantitative estimate of drug-likeness (QED) is 0.749. The van der Waals surface area contributed by atoms with Gasteiger partial charge in [-0.2, -0.15) is 4.98 Å². The number of hydrogen-bond acceptors (Lipinski definition) is 6. The van der Waals surface area contributed by atoms with Gasteiger partial charge in [0.15, 0.2) is 0 Å². The molecule has 164 valence electrons. The van der Waals surface area contributed by atoms with Crippen LogP contribution in [0.3, 0.4) is 0 Å². The van der Waals surface area contributed by atoms with E-state index in [-0.39, 0.29) is 6.09 Å². The van der Waals surface area contributed by atoms with Gasteiger partial charge < -0.3 is 19.4 Å². The highest BCUT2D eigenvalue weighted by atomic mass is 16.6. The highest BCUT2D eigenvalue weighted by Crippen LogP contribution is 2.31. The number of hydrogen-bond donors (Lipinski definition) is 0. The van der Waals surface area contributed by atoms with Crippen molar-refractivity contribution in [3.8, 4) is 0 Å². The summed E-state index contributed by atoms with van der Waals surface area (Å²) >= 11 is 0. The monoisotopic (exact) mass is 421 g/mol. The van der Waals surface area contributed by atoms with Gasteiger partial charge in [0.2, 0.25) is 5.95 Å². The van der Waals surface area contributed by atoms with E-state index in [2.05, 4.69) is 9.80 Å². The number of fused-ring (bicyclic) bond motifs is 1. The van der Waals surface area contributed by atoms with E-state index in [4.69, 9.17) is 14.7 Å². The number of anilines is 2. The third-order valence-corrected chi connectivity index (χ3v) is 6.53.